The number of nitrogens with two attached hydrogens (primary N) is 1. The predicted molar refractivity (Wildman–Crippen MR) is 71.8 cm³/mol. The van der Waals surface area contributed by atoms with Crippen molar-refractivity contribution in [2.45, 2.75) is 58.9 Å². The first-order chi connectivity index (χ1) is 8.01. The van der Waals surface area contributed by atoms with Crippen LogP contribution in [-0.2, 0) is 4.74 Å². The molecular formula is C15H29NO. The molecule has 2 N–H and O–H groups in total. The first-order valence-electron chi connectivity index (χ1n) is 7.35. The van der Waals surface area contributed by atoms with Crippen LogP contribution in [0.2, 0.25) is 0 Å². The SMILES string of the molecule is CC1CCC(C(C)(C)C2CCCOC2)C(N)C1. The summed E-state index contributed by atoms with van der Waals surface area (Å²) < 4.78 is 5.67. The summed E-state index contributed by atoms with van der Waals surface area (Å²) in [6, 6.07) is 0.399. The fourth-order valence-electron chi connectivity index (χ4n) is 3.98. The molecule has 0 bridgehead atoms. The van der Waals surface area contributed by atoms with Gasteiger partial charge in [0.15, 0.2) is 0 Å². The second-order valence-electron chi connectivity index (χ2n) is 6.92. The third kappa shape index (κ3) is 2.85. The van der Waals surface area contributed by atoms with Gasteiger partial charge < -0.3 is 10.5 Å². The van der Waals surface area contributed by atoms with Crippen LogP contribution in [0.3, 0.4) is 0 Å². The molecule has 2 fully saturated rings. The number of ether oxygens (including phenoxy) is 1. The molecule has 1 saturated carbocycles. The standard InChI is InChI=1S/C15H29NO/c1-11-6-7-13(14(16)9-11)15(2,3)12-5-4-8-17-10-12/h11-14H,4-10,16H2,1-3H3. The van der Waals surface area contributed by atoms with E-state index in [2.05, 4.69) is 20.8 Å². The quantitative estimate of drug-likeness (QED) is 0.803. The van der Waals surface area contributed by atoms with E-state index in [1.807, 2.05) is 0 Å². The van der Waals surface area contributed by atoms with E-state index in [0.717, 1.165) is 19.1 Å². The zero-order valence-corrected chi connectivity index (χ0v) is 11.7. The minimum Gasteiger partial charge on any atom is -0.381 e. The molecule has 2 rings (SSSR count). The van der Waals surface area contributed by atoms with Crippen LogP contribution in [-0.4, -0.2) is 19.3 Å². The molecule has 4 atom stereocenters. The third-order valence-corrected chi connectivity index (χ3v) is 5.33. The first kappa shape index (κ1) is 13.4. The smallest absolute Gasteiger partial charge is 0.0499 e. The molecule has 1 aliphatic heterocycles. The van der Waals surface area contributed by atoms with Crippen molar-refractivity contribution in [3.63, 3.8) is 0 Å². The van der Waals surface area contributed by atoms with E-state index >= 15 is 0 Å². The van der Waals surface area contributed by atoms with E-state index in [4.69, 9.17) is 10.5 Å². The van der Waals surface area contributed by atoms with Crippen molar-refractivity contribution in [3.8, 4) is 0 Å². The molecule has 0 aromatic heterocycles. The Morgan fingerprint density at radius 3 is 2.53 bits per heavy atom. The summed E-state index contributed by atoms with van der Waals surface area (Å²) in [6.45, 7) is 9.10. The Hall–Kier alpha value is -0.0800. The maximum atomic E-state index is 6.42. The van der Waals surface area contributed by atoms with E-state index in [1.54, 1.807) is 0 Å². The highest BCUT2D eigenvalue weighted by Gasteiger charge is 2.42. The van der Waals surface area contributed by atoms with Gasteiger partial charge in [0.1, 0.15) is 0 Å². The Morgan fingerprint density at radius 2 is 1.94 bits per heavy atom. The zero-order valence-electron chi connectivity index (χ0n) is 11.7. The Labute approximate surface area is 106 Å². The summed E-state index contributed by atoms with van der Waals surface area (Å²) >= 11 is 0. The minimum absolute atomic E-state index is 0.347. The van der Waals surface area contributed by atoms with Gasteiger partial charge in [-0.25, -0.2) is 0 Å². The molecule has 0 aromatic carbocycles. The number of hydrogen-bond donors (Lipinski definition) is 1. The van der Waals surface area contributed by atoms with Gasteiger partial charge in [0.25, 0.3) is 0 Å². The summed E-state index contributed by atoms with van der Waals surface area (Å²) in [5, 5.41) is 0. The molecule has 0 spiro atoms. The minimum atomic E-state index is 0.347. The molecule has 2 nitrogen and oxygen atoms in total. The van der Waals surface area contributed by atoms with Crippen molar-refractivity contribution in [2.24, 2.45) is 28.9 Å². The first-order valence-corrected chi connectivity index (χ1v) is 7.35. The molecule has 4 unspecified atom stereocenters. The largest absolute Gasteiger partial charge is 0.381 e. The van der Waals surface area contributed by atoms with Crippen LogP contribution in [0, 0.1) is 23.2 Å². The normalized spacial score (nSPS) is 40.2. The monoisotopic (exact) mass is 239 g/mol. The fraction of sp³-hybridized carbons (Fsp3) is 1.00. The molecule has 0 aromatic rings. The lowest BCUT2D eigenvalue weighted by Crippen LogP contribution is -2.48. The van der Waals surface area contributed by atoms with E-state index in [9.17, 15) is 0 Å². The Bertz CT molecular complexity index is 245. The maximum Gasteiger partial charge on any atom is 0.0499 e. The average Bonchev–Trinajstić information content (AvgIpc) is 2.29. The summed E-state index contributed by atoms with van der Waals surface area (Å²) in [6.07, 6.45) is 6.43. The van der Waals surface area contributed by atoms with Gasteiger partial charge in [-0.1, -0.05) is 27.2 Å². The molecule has 1 aliphatic carbocycles. The van der Waals surface area contributed by atoms with Gasteiger partial charge in [0.2, 0.25) is 0 Å². The zero-order chi connectivity index (χ0) is 12.5. The highest BCUT2D eigenvalue weighted by atomic mass is 16.5. The van der Waals surface area contributed by atoms with Crippen LogP contribution in [0.15, 0.2) is 0 Å². The van der Waals surface area contributed by atoms with Crippen LogP contribution in [0.25, 0.3) is 0 Å². The van der Waals surface area contributed by atoms with E-state index < -0.39 is 0 Å². The van der Waals surface area contributed by atoms with Crippen molar-refractivity contribution < 1.29 is 4.74 Å². The Morgan fingerprint density at radius 1 is 1.18 bits per heavy atom. The number of hydrogen-bond acceptors (Lipinski definition) is 2. The molecule has 100 valence electrons. The van der Waals surface area contributed by atoms with Crippen LogP contribution < -0.4 is 5.73 Å². The lowest BCUT2D eigenvalue weighted by molar-refractivity contribution is -0.0357. The van der Waals surface area contributed by atoms with Gasteiger partial charge in [-0.3, -0.25) is 0 Å². The highest BCUT2D eigenvalue weighted by Crippen LogP contribution is 2.46. The Kier molecular flexibility index (Phi) is 4.14. The van der Waals surface area contributed by atoms with Crippen LogP contribution in [0.4, 0.5) is 0 Å². The molecule has 1 saturated heterocycles. The van der Waals surface area contributed by atoms with Crippen molar-refractivity contribution in [1.82, 2.24) is 0 Å². The summed E-state index contributed by atoms with van der Waals surface area (Å²) in [4.78, 5) is 0. The van der Waals surface area contributed by atoms with Gasteiger partial charge in [0, 0.05) is 19.3 Å². The third-order valence-electron chi connectivity index (χ3n) is 5.33. The average molecular weight is 239 g/mol. The second-order valence-corrected chi connectivity index (χ2v) is 6.92. The Balaban J connectivity index is 2.02. The number of rotatable bonds is 2. The van der Waals surface area contributed by atoms with Gasteiger partial charge in [-0.15, -0.1) is 0 Å². The second kappa shape index (κ2) is 5.27. The lowest BCUT2D eigenvalue weighted by Gasteiger charge is -2.48. The molecular weight excluding hydrogens is 210 g/mol. The van der Waals surface area contributed by atoms with E-state index in [-0.39, 0.29) is 0 Å². The fourth-order valence-corrected chi connectivity index (χ4v) is 3.98. The van der Waals surface area contributed by atoms with Crippen molar-refractivity contribution >= 4 is 0 Å². The van der Waals surface area contributed by atoms with E-state index in [1.165, 1.54) is 32.1 Å². The maximum absolute atomic E-state index is 6.42. The van der Waals surface area contributed by atoms with Crippen molar-refractivity contribution in [3.05, 3.63) is 0 Å². The molecule has 2 heteroatoms. The molecule has 2 aliphatic rings. The lowest BCUT2D eigenvalue weighted by atomic mass is 9.60. The van der Waals surface area contributed by atoms with E-state index in [0.29, 0.717) is 23.3 Å². The van der Waals surface area contributed by atoms with Gasteiger partial charge in [-0.05, 0) is 48.9 Å². The molecule has 0 amide bonds. The molecule has 1 heterocycles. The highest BCUT2D eigenvalue weighted by molar-refractivity contribution is 4.94. The van der Waals surface area contributed by atoms with Crippen molar-refractivity contribution in [1.29, 1.82) is 0 Å². The molecule has 0 radical (unpaired) electrons. The van der Waals surface area contributed by atoms with Crippen molar-refractivity contribution in [2.75, 3.05) is 13.2 Å². The van der Waals surface area contributed by atoms with Crippen LogP contribution >= 0.6 is 0 Å². The van der Waals surface area contributed by atoms with Gasteiger partial charge in [0.05, 0.1) is 0 Å². The van der Waals surface area contributed by atoms with Crippen LogP contribution in [0.5, 0.6) is 0 Å². The summed E-state index contributed by atoms with van der Waals surface area (Å²) in [5.41, 5.74) is 6.77. The predicted octanol–water partition coefficient (Wildman–Crippen LogP) is 3.20. The van der Waals surface area contributed by atoms with Gasteiger partial charge >= 0.3 is 0 Å². The van der Waals surface area contributed by atoms with Gasteiger partial charge in [-0.2, -0.15) is 0 Å². The van der Waals surface area contributed by atoms with Crippen LogP contribution in [0.1, 0.15) is 52.9 Å². The summed E-state index contributed by atoms with van der Waals surface area (Å²) in [5.74, 6) is 2.21. The summed E-state index contributed by atoms with van der Waals surface area (Å²) in [7, 11) is 0. The topological polar surface area (TPSA) is 35.2 Å². The molecule has 17 heavy (non-hydrogen) atoms.